The second-order valence-corrected chi connectivity index (χ2v) is 10.3. The van der Waals surface area contributed by atoms with E-state index in [2.05, 4.69) is 9.97 Å². The average molecular weight is 419 g/mol. The smallest absolute Gasteiger partial charge is 0.260 e. The Kier molecular flexibility index (Phi) is 5.68. The van der Waals surface area contributed by atoms with Crippen molar-refractivity contribution < 1.29 is 16.8 Å². The molecule has 1 aromatic carbocycles. The first-order valence-corrected chi connectivity index (χ1v) is 11.4. The van der Waals surface area contributed by atoms with Crippen LogP contribution in [0, 0.1) is 0 Å². The minimum atomic E-state index is -3.70. The van der Waals surface area contributed by atoms with Gasteiger partial charge in [0.2, 0.25) is 10.0 Å². The number of imidazole rings is 1. The van der Waals surface area contributed by atoms with Crippen molar-refractivity contribution in [2.45, 2.75) is 17.2 Å². The Morgan fingerprint density at radius 2 is 1.65 bits per heavy atom. The highest BCUT2D eigenvalue weighted by molar-refractivity contribution is 7.89. The minimum absolute atomic E-state index is 0.00923. The zero-order valence-electron chi connectivity index (χ0n) is 13.9. The van der Waals surface area contributed by atoms with Gasteiger partial charge >= 0.3 is 0 Å². The van der Waals surface area contributed by atoms with Crippen LogP contribution in [0.1, 0.15) is 12.0 Å². The van der Waals surface area contributed by atoms with E-state index < -0.39 is 20.0 Å². The second-order valence-electron chi connectivity index (χ2n) is 5.96. The summed E-state index contributed by atoms with van der Waals surface area (Å²) in [6.45, 7) is 0.754. The van der Waals surface area contributed by atoms with Crippen molar-refractivity contribution in [2.24, 2.45) is 0 Å². The highest BCUT2D eigenvalue weighted by atomic mass is 35.5. The van der Waals surface area contributed by atoms with Gasteiger partial charge < -0.3 is 4.98 Å². The highest BCUT2D eigenvalue weighted by Crippen LogP contribution is 2.19. The summed E-state index contributed by atoms with van der Waals surface area (Å²) in [6, 6.07) is 6.64. The Hall–Kier alpha value is -1.46. The highest BCUT2D eigenvalue weighted by Gasteiger charge is 2.31. The first-order chi connectivity index (χ1) is 12.3. The zero-order chi connectivity index (χ0) is 18.8. The number of aromatic nitrogens is 2. The molecule has 11 heteroatoms. The molecule has 0 spiro atoms. The molecule has 1 N–H and O–H groups in total. The van der Waals surface area contributed by atoms with Crippen LogP contribution in [0.5, 0.6) is 0 Å². The average Bonchev–Trinajstić information content (AvgIpc) is 3.01. The van der Waals surface area contributed by atoms with Crippen LogP contribution in [0.25, 0.3) is 0 Å². The third-order valence-corrected chi connectivity index (χ3v) is 8.09. The lowest BCUT2D eigenvalue weighted by molar-refractivity contribution is 0.403. The van der Waals surface area contributed by atoms with Gasteiger partial charge in [-0.25, -0.2) is 26.1 Å². The van der Waals surface area contributed by atoms with Gasteiger partial charge in [0.25, 0.3) is 10.0 Å². The lowest BCUT2D eigenvalue weighted by Crippen LogP contribution is -2.37. The van der Waals surface area contributed by atoms with Gasteiger partial charge in [-0.1, -0.05) is 23.7 Å². The normalized spacial score (nSPS) is 17.9. The minimum Gasteiger partial charge on any atom is -0.335 e. The van der Waals surface area contributed by atoms with Crippen LogP contribution >= 0.6 is 11.6 Å². The molecule has 1 aromatic heterocycles. The van der Waals surface area contributed by atoms with Crippen LogP contribution in [-0.4, -0.2) is 61.6 Å². The molecule has 0 unspecified atom stereocenters. The maximum atomic E-state index is 12.7. The fourth-order valence-corrected chi connectivity index (χ4v) is 5.85. The molecule has 0 saturated carbocycles. The third-order valence-electron chi connectivity index (χ3n) is 4.16. The molecule has 0 aliphatic carbocycles. The van der Waals surface area contributed by atoms with Crippen LogP contribution in [0.3, 0.4) is 0 Å². The van der Waals surface area contributed by atoms with E-state index in [1.807, 2.05) is 0 Å². The summed E-state index contributed by atoms with van der Waals surface area (Å²) in [5.74, 6) is -0.141. The van der Waals surface area contributed by atoms with E-state index in [1.165, 1.54) is 21.1 Å². The zero-order valence-corrected chi connectivity index (χ0v) is 16.3. The number of halogens is 1. The summed E-state index contributed by atoms with van der Waals surface area (Å²) < 4.78 is 53.1. The van der Waals surface area contributed by atoms with Crippen molar-refractivity contribution in [3.63, 3.8) is 0 Å². The Bertz CT molecular complexity index is 944. The van der Waals surface area contributed by atoms with E-state index in [9.17, 15) is 16.8 Å². The number of hydrogen-bond donors (Lipinski definition) is 1. The molecule has 0 amide bonds. The van der Waals surface area contributed by atoms with E-state index in [-0.39, 0.29) is 37.0 Å². The summed E-state index contributed by atoms with van der Waals surface area (Å²) in [5.41, 5.74) is 0.639. The SMILES string of the molecule is O=S(=O)(Cc1ccc(Cl)cc1)N1CCCN(S(=O)(=O)c2cnc[nH]2)CC1. The van der Waals surface area contributed by atoms with Crippen LogP contribution in [0.15, 0.2) is 41.8 Å². The lowest BCUT2D eigenvalue weighted by atomic mass is 10.2. The first kappa shape index (κ1) is 19.3. The third kappa shape index (κ3) is 4.26. The fraction of sp³-hybridized carbons (Fsp3) is 0.400. The first-order valence-electron chi connectivity index (χ1n) is 8.00. The van der Waals surface area contributed by atoms with E-state index in [0.717, 1.165) is 0 Å². The Balaban J connectivity index is 1.70. The van der Waals surface area contributed by atoms with Gasteiger partial charge in [-0.3, -0.25) is 0 Å². The number of nitrogens with zero attached hydrogens (tertiary/aromatic N) is 3. The molecule has 26 heavy (non-hydrogen) atoms. The molecule has 1 aliphatic heterocycles. The van der Waals surface area contributed by atoms with Crippen LogP contribution in [-0.2, 0) is 25.8 Å². The largest absolute Gasteiger partial charge is 0.335 e. The molecule has 8 nitrogen and oxygen atoms in total. The predicted molar refractivity (Wildman–Crippen MR) is 97.6 cm³/mol. The summed E-state index contributed by atoms with van der Waals surface area (Å²) in [4.78, 5) is 6.33. The van der Waals surface area contributed by atoms with Crippen molar-refractivity contribution in [3.05, 3.63) is 47.4 Å². The Labute approximate surface area is 157 Å². The molecule has 3 rings (SSSR count). The molecule has 0 bridgehead atoms. The number of benzene rings is 1. The lowest BCUT2D eigenvalue weighted by Gasteiger charge is -2.21. The van der Waals surface area contributed by atoms with Gasteiger partial charge in [0.15, 0.2) is 5.03 Å². The monoisotopic (exact) mass is 418 g/mol. The van der Waals surface area contributed by atoms with Gasteiger partial charge in [0.05, 0.1) is 18.3 Å². The maximum absolute atomic E-state index is 12.7. The van der Waals surface area contributed by atoms with E-state index in [0.29, 0.717) is 17.0 Å². The Morgan fingerprint density at radius 3 is 2.31 bits per heavy atom. The number of H-pyrrole nitrogens is 1. The summed E-state index contributed by atoms with van der Waals surface area (Å²) in [5, 5.41) is 0.551. The number of hydrogen-bond acceptors (Lipinski definition) is 5. The second kappa shape index (κ2) is 7.65. The standard InChI is InChI=1S/C15H19ClN4O4S2/c16-14-4-2-13(3-5-14)11-25(21,22)19-6-1-7-20(9-8-19)26(23,24)15-10-17-12-18-15/h2-5,10,12H,1,6-9,11H2,(H,17,18). The molecule has 2 heterocycles. The molecule has 142 valence electrons. The summed E-state index contributed by atoms with van der Waals surface area (Å²) in [6.07, 6.45) is 2.97. The van der Waals surface area contributed by atoms with Gasteiger partial charge in [0.1, 0.15) is 0 Å². The number of aromatic amines is 1. The van der Waals surface area contributed by atoms with Crippen molar-refractivity contribution in [1.82, 2.24) is 18.6 Å². The molecular formula is C15H19ClN4O4S2. The quantitative estimate of drug-likeness (QED) is 0.787. The Morgan fingerprint density at radius 1 is 1.00 bits per heavy atom. The molecule has 1 saturated heterocycles. The van der Waals surface area contributed by atoms with Crippen molar-refractivity contribution in [1.29, 1.82) is 0 Å². The van der Waals surface area contributed by atoms with Crippen LogP contribution in [0.2, 0.25) is 5.02 Å². The van der Waals surface area contributed by atoms with E-state index in [4.69, 9.17) is 11.6 Å². The van der Waals surface area contributed by atoms with E-state index in [1.54, 1.807) is 24.3 Å². The number of nitrogens with one attached hydrogen (secondary N) is 1. The summed E-state index contributed by atoms with van der Waals surface area (Å²) >= 11 is 5.82. The van der Waals surface area contributed by atoms with Crippen molar-refractivity contribution in [3.8, 4) is 0 Å². The molecular weight excluding hydrogens is 400 g/mol. The molecule has 0 atom stereocenters. The van der Waals surface area contributed by atoms with Gasteiger partial charge in [-0.2, -0.15) is 4.31 Å². The van der Waals surface area contributed by atoms with Crippen LogP contribution < -0.4 is 0 Å². The van der Waals surface area contributed by atoms with Crippen molar-refractivity contribution in [2.75, 3.05) is 26.2 Å². The molecule has 1 aliphatic rings. The number of rotatable bonds is 5. The topological polar surface area (TPSA) is 103 Å². The number of sulfonamides is 2. The molecule has 2 aromatic rings. The predicted octanol–water partition coefficient (Wildman–Crippen LogP) is 1.29. The van der Waals surface area contributed by atoms with Gasteiger partial charge in [-0.15, -0.1) is 0 Å². The van der Waals surface area contributed by atoms with Crippen LogP contribution in [0.4, 0.5) is 0 Å². The summed E-state index contributed by atoms with van der Waals surface area (Å²) in [7, 11) is -7.24. The van der Waals surface area contributed by atoms with E-state index >= 15 is 0 Å². The molecule has 1 fully saturated rings. The van der Waals surface area contributed by atoms with Crippen molar-refractivity contribution >= 4 is 31.6 Å². The maximum Gasteiger partial charge on any atom is 0.260 e. The van der Waals surface area contributed by atoms with Gasteiger partial charge in [0, 0.05) is 31.2 Å². The van der Waals surface area contributed by atoms with Gasteiger partial charge in [-0.05, 0) is 24.1 Å². The fourth-order valence-electron chi connectivity index (χ4n) is 2.79. The molecule has 0 radical (unpaired) electrons.